The second kappa shape index (κ2) is 7.13. The zero-order valence-electron chi connectivity index (χ0n) is 11.0. The number of ether oxygens (including phenoxy) is 1. The minimum absolute atomic E-state index is 0.0309. The fourth-order valence-electron chi connectivity index (χ4n) is 1.90. The molecule has 1 saturated heterocycles. The third kappa shape index (κ3) is 4.47. The summed E-state index contributed by atoms with van der Waals surface area (Å²) in [6.45, 7) is 4.22. The van der Waals surface area contributed by atoms with Crippen LogP contribution < -0.4 is 5.32 Å². The SMILES string of the molecule is CCCCCC(=O)CC(=O)N[C@@H]1C(=O)OCC1C. The van der Waals surface area contributed by atoms with Gasteiger partial charge in [-0.05, 0) is 6.42 Å². The summed E-state index contributed by atoms with van der Waals surface area (Å²) in [5.41, 5.74) is 0. The zero-order valence-corrected chi connectivity index (χ0v) is 11.0. The van der Waals surface area contributed by atoms with E-state index in [4.69, 9.17) is 4.74 Å². The number of amides is 1. The number of ketones is 1. The van der Waals surface area contributed by atoms with E-state index in [1.54, 1.807) is 0 Å². The molecule has 1 amide bonds. The van der Waals surface area contributed by atoms with Crippen LogP contribution in [0.4, 0.5) is 0 Å². The lowest BCUT2D eigenvalue weighted by Crippen LogP contribution is -2.42. The number of Topliss-reactive ketones (excluding diaryl/α,β-unsaturated/α-hetero) is 1. The van der Waals surface area contributed by atoms with Crippen LogP contribution in [0.25, 0.3) is 0 Å². The molecule has 0 aliphatic carbocycles. The third-order valence-corrected chi connectivity index (χ3v) is 3.04. The van der Waals surface area contributed by atoms with Crippen LogP contribution in [0.1, 0.15) is 46.0 Å². The van der Waals surface area contributed by atoms with Crippen LogP contribution in [0.5, 0.6) is 0 Å². The van der Waals surface area contributed by atoms with E-state index in [0.29, 0.717) is 13.0 Å². The van der Waals surface area contributed by atoms with Gasteiger partial charge in [0.1, 0.15) is 11.8 Å². The number of carbonyl (C=O) groups excluding carboxylic acids is 3. The fourth-order valence-corrected chi connectivity index (χ4v) is 1.90. The highest BCUT2D eigenvalue weighted by molar-refractivity contribution is 5.99. The van der Waals surface area contributed by atoms with E-state index in [-0.39, 0.29) is 24.0 Å². The maximum absolute atomic E-state index is 11.6. The number of hydrogen-bond donors (Lipinski definition) is 1. The molecule has 102 valence electrons. The molecule has 0 saturated carbocycles. The number of cyclic esters (lactones) is 1. The van der Waals surface area contributed by atoms with Gasteiger partial charge in [0, 0.05) is 12.3 Å². The highest BCUT2D eigenvalue weighted by Crippen LogP contribution is 2.14. The van der Waals surface area contributed by atoms with Crippen molar-refractivity contribution in [3.8, 4) is 0 Å². The van der Waals surface area contributed by atoms with Gasteiger partial charge in [-0.15, -0.1) is 0 Å². The summed E-state index contributed by atoms with van der Waals surface area (Å²) in [5.74, 6) is -0.891. The van der Waals surface area contributed by atoms with Crippen molar-refractivity contribution in [2.75, 3.05) is 6.61 Å². The van der Waals surface area contributed by atoms with Crippen molar-refractivity contribution in [3.63, 3.8) is 0 Å². The molecule has 0 bridgehead atoms. The minimum Gasteiger partial charge on any atom is -0.464 e. The van der Waals surface area contributed by atoms with Crippen molar-refractivity contribution in [3.05, 3.63) is 0 Å². The Morgan fingerprint density at radius 2 is 2.11 bits per heavy atom. The van der Waals surface area contributed by atoms with Crippen molar-refractivity contribution in [2.24, 2.45) is 5.92 Å². The topological polar surface area (TPSA) is 72.5 Å². The van der Waals surface area contributed by atoms with Gasteiger partial charge in [-0.3, -0.25) is 9.59 Å². The molecule has 0 spiro atoms. The Labute approximate surface area is 107 Å². The van der Waals surface area contributed by atoms with Crippen molar-refractivity contribution in [2.45, 2.75) is 52.0 Å². The molecule has 5 heteroatoms. The molecule has 1 fully saturated rings. The van der Waals surface area contributed by atoms with Crippen molar-refractivity contribution in [1.82, 2.24) is 5.32 Å². The smallest absolute Gasteiger partial charge is 0.329 e. The molecular formula is C13H21NO4. The number of rotatable bonds is 7. The summed E-state index contributed by atoms with van der Waals surface area (Å²) < 4.78 is 4.82. The Hall–Kier alpha value is -1.39. The van der Waals surface area contributed by atoms with E-state index >= 15 is 0 Å². The van der Waals surface area contributed by atoms with Crippen LogP contribution in [-0.4, -0.2) is 30.3 Å². The summed E-state index contributed by atoms with van der Waals surface area (Å²) in [5, 5.41) is 2.57. The number of hydrogen-bond acceptors (Lipinski definition) is 4. The average molecular weight is 255 g/mol. The Morgan fingerprint density at radius 1 is 1.39 bits per heavy atom. The number of carbonyl (C=O) groups is 3. The van der Waals surface area contributed by atoms with Gasteiger partial charge in [0.2, 0.25) is 5.91 Å². The van der Waals surface area contributed by atoms with E-state index < -0.39 is 12.0 Å². The Morgan fingerprint density at radius 3 is 2.67 bits per heavy atom. The second-order valence-corrected chi connectivity index (χ2v) is 4.83. The summed E-state index contributed by atoms with van der Waals surface area (Å²) in [4.78, 5) is 34.4. The first-order valence-corrected chi connectivity index (χ1v) is 6.52. The van der Waals surface area contributed by atoms with Gasteiger partial charge < -0.3 is 10.1 Å². The van der Waals surface area contributed by atoms with Crippen LogP contribution >= 0.6 is 0 Å². The van der Waals surface area contributed by atoms with Crippen molar-refractivity contribution in [1.29, 1.82) is 0 Å². The fraction of sp³-hybridized carbons (Fsp3) is 0.769. The average Bonchev–Trinajstić information content (AvgIpc) is 2.61. The first-order valence-electron chi connectivity index (χ1n) is 6.52. The molecule has 2 atom stereocenters. The van der Waals surface area contributed by atoms with Crippen molar-refractivity contribution >= 4 is 17.7 Å². The molecule has 1 N–H and O–H groups in total. The molecule has 1 heterocycles. The first-order chi connectivity index (χ1) is 8.54. The third-order valence-electron chi connectivity index (χ3n) is 3.04. The van der Waals surface area contributed by atoms with Crippen LogP contribution in [0.3, 0.4) is 0 Å². The molecule has 0 aromatic heterocycles. The van der Waals surface area contributed by atoms with Crippen molar-refractivity contribution < 1.29 is 19.1 Å². The molecule has 5 nitrogen and oxygen atoms in total. The Balaban J connectivity index is 2.28. The molecule has 18 heavy (non-hydrogen) atoms. The minimum atomic E-state index is -0.596. The summed E-state index contributed by atoms with van der Waals surface area (Å²) >= 11 is 0. The molecule has 0 aromatic rings. The van der Waals surface area contributed by atoms with Gasteiger partial charge in [0.15, 0.2) is 0 Å². The molecule has 1 unspecified atom stereocenters. The molecule has 0 aromatic carbocycles. The number of unbranched alkanes of at least 4 members (excludes halogenated alkanes) is 2. The van der Waals surface area contributed by atoms with Gasteiger partial charge in [-0.2, -0.15) is 0 Å². The number of esters is 1. The van der Waals surface area contributed by atoms with E-state index in [1.807, 2.05) is 6.92 Å². The Kier molecular flexibility index (Phi) is 5.82. The van der Waals surface area contributed by atoms with Gasteiger partial charge >= 0.3 is 5.97 Å². The number of nitrogens with one attached hydrogen (secondary N) is 1. The van der Waals surface area contributed by atoms with Gasteiger partial charge in [0.05, 0.1) is 13.0 Å². The van der Waals surface area contributed by atoms with Crippen LogP contribution in [0.15, 0.2) is 0 Å². The largest absolute Gasteiger partial charge is 0.464 e. The summed E-state index contributed by atoms with van der Waals surface area (Å²) in [7, 11) is 0. The van der Waals surface area contributed by atoms with Crippen LogP contribution in [0.2, 0.25) is 0 Å². The molecule has 1 rings (SSSR count). The normalized spacial score (nSPS) is 22.7. The van der Waals surface area contributed by atoms with E-state index in [9.17, 15) is 14.4 Å². The van der Waals surface area contributed by atoms with Crippen LogP contribution in [-0.2, 0) is 19.1 Å². The molecular weight excluding hydrogens is 234 g/mol. The second-order valence-electron chi connectivity index (χ2n) is 4.83. The van der Waals surface area contributed by atoms with Crippen LogP contribution in [0, 0.1) is 5.92 Å². The predicted molar refractivity (Wildman–Crippen MR) is 65.8 cm³/mol. The maximum atomic E-state index is 11.6. The van der Waals surface area contributed by atoms with E-state index in [0.717, 1.165) is 19.3 Å². The predicted octanol–water partition coefficient (Wildman–Crippen LogP) is 1.20. The first kappa shape index (κ1) is 14.7. The molecule has 1 aliphatic rings. The lowest BCUT2D eigenvalue weighted by molar-refractivity contribution is -0.142. The van der Waals surface area contributed by atoms with E-state index in [2.05, 4.69) is 12.2 Å². The lowest BCUT2D eigenvalue weighted by atomic mass is 10.1. The molecule has 1 aliphatic heterocycles. The highest BCUT2D eigenvalue weighted by Gasteiger charge is 2.35. The monoisotopic (exact) mass is 255 g/mol. The molecule has 0 radical (unpaired) electrons. The zero-order chi connectivity index (χ0) is 13.5. The maximum Gasteiger partial charge on any atom is 0.329 e. The highest BCUT2D eigenvalue weighted by atomic mass is 16.5. The lowest BCUT2D eigenvalue weighted by Gasteiger charge is -2.12. The van der Waals surface area contributed by atoms with Gasteiger partial charge in [-0.1, -0.05) is 26.7 Å². The quantitative estimate of drug-likeness (QED) is 0.421. The standard InChI is InChI=1S/C13H21NO4/c1-3-4-5-6-10(15)7-11(16)14-12-9(2)8-18-13(12)17/h9,12H,3-8H2,1-2H3,(H,14,16)/t9?,12-/m0/s1. The van der Waals surface area contributed by atoms with E-state index in [1.165, 1.54) is 0 Å². The summed E-state index contributed by atoms with van der Waals surface area (Å²) in [6.07, 6.45) is 3.17. The van der Waals surface area contributed by atoms with Gasteiger partial charge in [0.25, 0.3) is 0 Å². The van der Waals surface area contributed by atoms with Gasteiger partial charge in [-0.25, -0.2) is 4.79 Å². The summed E-state index contributed by atoms with van der Waals surface area (Å²) in [6, 6.07) is -0.596. The Bertz CT molecular complexity index is 327.